The number of benzene rings is 1. The third-order valence-electron chi connectivity index (χ3n) is 3.29. The molecule has 2 aromatic rings. The van der Waals surface area contributed by atoms with Gasteiger partial charge in [0.05, 0.1) is 0 Å². The molecule has 0 saturated carbocycles. The number of rotatable bonds is 5. The summed E-state index contributed by atoms with van der Waals surface area (Å²) in [5, 5.41) is 12.4. The fourth-order valence-electron chi connectivity index (χ4n) is 2.18. The maximum Gasteiger partial charge on any atom is 0.326 e. The highest BCUT2D eigenvalue weighted by Crippen LogP contribution is 2.28. The van der Waals surface area contributed by atoms with Crippen LogP contribution in [-0.2, 0) is 4.79 Å². The topological polar surface area (TPSA) is 79.5 Å². The highest BCUT2D eigenvalue weighted by atomic mass is 79.9. The number of furan rings is 1. The van der Waals surface area contributed by atoms with E-state index in [2.05, 4.69) is 21.2 Å². The first-order valence-electron chi connectivity index (χ1n) is 6.66. The molecule has 0 unspecified atom stereocenters. The molecule has 0 spiro atoms. The summed E-state index contributed by atoms with van der Waals surface area (Å²) >= 11 is 3.37. The second-order valence-corrected chi connectivity index (χ2v) is 5.77. The summed E-state index contributed by atoms with van der Waals surface area (Å²) in [6, 6.07) is 4.56. The molecule has 0 aliphatic heterocycles. The van der Waals surface area contributed by atoms with Gasteiger partial charge >= 0.3 is 5.97 Å². The van der Waals surface area contributed by atoms with Crippen molar-refractivity contribution in [3.05, 3.63) is 34.0 Å². The van der Waals surface area contributed by atoms with Crippen molar-refractivity contribution in [2.75, 3.05) is 0 Å². The zero-order chi connectivity index (χ0) is 15.6. The van der Waals surface area contributed by atoms with Gasteiger partial charge in [-0.1, -0.05) is 29.3 Å². The van der Waals surface area contributed by atoms with Crippen LogP contribution >= 0.6 is 15.9 Å². The number of fused-ring (bicyclic) bond motifs is 1. The number of aryl methyl sites for hydroxylation is 1. The quantitative estimate of drug-likeness (QED) is 0.862. The van der Waals surface area contributed by atoms with Crippen molar-refractivity contribution in [3.8, 4) is 0 Å². The largest absolute Gasteiger partial charge is 0.480 e. The van der Waals surface area contributed by atoms with Gasteiger partial charge in [-0.05, 0) is 31.5 Å². The summed E-state index contributed by atoms with van der Waals surface area (Å²) in [7, 11) is 0. The molecule has 6 heteroatoms. The van der Waals surface area contributed by atoms with E-state index in [-0.39, 0.29) is 5.76 Å². The Balaban J connectivity index is 2.31. The lowest BCUT2D eigenvalue weighted by Gasteiger charge is -2.12. The molecule has 1 atom stereocenters. The second kappa shape index (κ2) is 6.30. The minimum absolute atomic E-state index is 0.158. The first-order valence-corrected chi connectivity index (χ1v) is 7.45. The van der Waals surface area contributed by atoms with E-state index in [1.807, 2.05) is 19.1 Å². The highest BCUT2D eigenvalue weighted by Gasteiger charge is 2.23. The molecule has 112 valence electrons. The third kappa shape index (κ3) is 3.26. The Morgan fingerprint density at radius 3 is 2.76 bits per heavy atom. The summed E-state index contributed by atoms with van der Waals surface area (Å²) in [6.45, 7) is 3.65. The highest BCUT2D eigenvalue weighted by molar-refractivity contribution is 9.10. The second-order valence-electron chi connectivity index (χ2n) is 4.85. The lowest BCUT2D eigenvalue weighted by Crippen LogP contribution is -2.40. The van der Waals surface area contributed by atoms with Crippen LogP contribution in [0.15, 0.2) is 27.1 Å². The molecule has 21 heavy (non-hydrogen) atoms. The van der Waals surface area contributed by atoms with Gasteiger partial charge in [-0.2, -0.15) is 0 Å². The molecule has 2 N–H and O–H groups in total. The Labute approximate surface area is 130 Å². The molecule has 2 rings (SSSR count). The molecule has 0 aliphatic carbocycles. The molecule has 1 heterocycles. The minimum atomic E-state index is -1.04. The first-order chi connectivity index (χ1) is 9.93. The van der Waals surface area contributed by atoms with E-state index < -0.39 is 17.9 Å². The van der Waals surface area contributed by atoms with E-state index in [4.69, 9.17) is 9.52 Å². The fourth-order valence-corrected chi connectivity index (χ4v) is 2.54. The molecule has 5 nitrogen and oxygen atoms in total. The number of carboxylic acids is 1. The van der Waals surface area contributed by atoms with Gasteiger partial charge in [-0.15, -0.1) is 0 Å². The number of carbonyl (C=O) groups excluding carboxylic acids is 1. The van der Waals surface area contributed by atoms with Gasteiger partial charge in [0.1, 0.15) is 11.6 Å². The molecule has 0 fully saturated rings. The Hall–Kier alpha value is -1.82. The number of carboxylic acid groups (broad SMARTS) is 1. The molecular formula is C15H16BrNO4. The van der Waals surface area contributed by atoms with Gasteiger partial charge in [0.15, 0.2) is 5.76 Å². The van der Waals surface area contributed by atoms with Crippen LogP contribution in [0.1, 0.15) is 35.9 Å². The van der Waals surface area contributed by atoms with Crippen LogP contribution in [0.4, 0.5) is 0 Å². The lowest BCUT2D eigenvalue weighted by molar-refractivity contribution is -0.139. The van der Waals surface area contributed by atoms with Gasteiger partial charge in [-0.25, -0.2) is 4.79 Å². The number of amides is 1. The molecule has 1 amide bonds. The van der Waals surface area contributed by atoms with Crippen LogP contribution in [0.2, 0.25) is 0 Å². The molecule has 0 radical (unpaired) electrons. The van der Waals surface area contributed by atoms with Gasteiger partial charge < -0.3 is 14.8 Å². The predicted molar refractivity (Wildman–Crippen MR) is 82.4 cm³/mol. The van der Waals surface area contributed by atoms with Crippen LogP contribution in [0.3, 0.4) is 0 Å². The molecule has 0 aliphatic rings. The Kier molecular flexibility index (Phi) is 4.67. The maximum atomic E-state index is 12.2. The van der Waals surface area contributed by atoms with E-state index in [1.165, 1.54) is 0 Å². The lowest BCUT2D eigenvalue weighted by atomic mass is 10.1. The van der Waals surface area contributed by atoms with Gasteiger partial charge in [-0.3, -0.25) is 4.79 Å². The fraction of sp³-hybridized carbons (Fsp3) is 0.333. The van der Waals surface area contributed by atoms with Crippen molar-refractivity contribution in [3.63, 3.8) is 0 Å². The summed E-state index contributed by atoms with van der Waals surface area (Å²) in [6.07, 6.45) is 1.05. The Morgan fingerprint density at radius 2 is 2.14 bits per heavy atom. The van der Waals surface area contributed by atoms with Crippen molar-refractivity contribution < 1.29 is 19.1 Å². The number of aliphatic carboxylic acids is 1. The van der Waals surface area contributed by atoms with Crippen molar-refractivity contribution in [1.29, 1.82) is 0 Å². The van der Waals surface area contributed by atoms with E-state index in [0.29, 0.717) is 24.0 Å². The summed E-state index contributed by atoms with van der Waals surface area (Å²) in [4.78, 5) is 23.3. The first kappa shape index (κ1) is 15.6. The van der Waals surface area contributed by atoms with Gasteiger partial charge in [0, 0.05) is 15.4 Å². The number of hydrogen-bond acceptors (Lipinski definition) is 3. The normalized spacial score (nSPS) is 12.3. The number of nitrogens with one attached hydrogen (secondary N) is 1. The van der Waals surface area contributed by atoms with Crippen LogP contribution in [-0.4, -0.2) is 23.0 Å². The zero-order valence-electron chi connectivity index (χ0n) is 11.8. The van der Waals surface area contributed by atoms with Gasteiger partial charge in [0.2, 0.25) is 0 Å². The van der Waals surface area contributed by atoms with Gasteiger partial charge in [0.25, 0.3) is 5.91 Å². The molecular weight excluding hydrogens is 338 g/mol. The standard InChI is InChI=1S/C15H16BrNO4/c1-3-4-11(15(19)20)17-14(18)13-8(2)10-7-9(16)5-6-12(10)21-13/h5-7,11H,3-4H2,1-2H3,(H,17,18)(H,19,20)/t11-/m1/s1. The van der Waals surface area contributed by atoms with Crippen LogP contribution in [0.5, 0.6) is 0 Å². The van der Waals surface area contributed by atoms with Crippen LogP contribution in [0, 0.1) is 6.92 Å². The van der Waals surface area contributed by atoms with E-state index >= 15 is 0 Å². The van der Waals surface area contributed by atoms with Crippen LogP contribution in [0.25, 0.3) is 11.0 Å². The van der Waals surface area contributed by atoms with E-state index in [0.717, 1.165) is 9.86 Å². The molecule has 1 aromatic carbocycles. The summed E-state index contributed by atoms with van der Waals surface area (Å²) in [5.41, 5.74) is 1.30. The number of hydrogen-bond donors (Lipinski definition) is 2. The monoisotopic (exact) mass is 353 g/mol. The summed E-state index contributed by atoms with van der Waals surface area (Å²) in [5.74, 6) is -1.38. The van der Waals surface area contributed by atoms with Crippen molar-refractivity contribution in [2.24, 2.45) is 0 Å². The molecule has 0 saturated heterocycles. The van der Waals surface area contributed by atoms with Crippen molar-refractivity contribution in [1.82, 2.24) is 5.32 Å². The minimum Gasteiger partial charge on any atom is -0.480 e. The van der Waals surface area contributed by atoms with E-state index in [1.54, 1.807) is 13.0 Å². The Bertz CT molecular complexity index is 692. The van der Waals surface area contributed by atoms with E-state index in [9.17, 15) is 9.59 Å². The smallest absolute Gasteiger partial charge is 0.326 e. The SMILES string of the molecule is CCC[C@@H](NC(=O)c1oc2ccc(Br)cc2c1C)C(=O)O. The van der Waals surface area contributed by atoms with Crippen LogP contribution < -0.4 is 5.32 Å². The maximum absolute atomic E-state index is 12.2. The number of carbonyl (C=O) groups is 2. The third-order valence-corrected chi connectivity index (χ3v) is 3.78. The zero-order valence-corrected chi connectivity index (χ0v) is 13.4. The Morgan fingerprint density at radius 1 is 1.43 bits per heavy atom. The predicted octanol–water partition coefficient (Wildman–Crippen LogP) is 3.49. The number of halogens is 1. The van der Waals surface area contributed by atoms with Crippen molar-refractivity contribution in [2.45, 2.75) is 32.7 Å². The summed E-state index contributed by atoms with van der Waals surface area (Å²) < 4.78 is 6.44. The van der Waals surface area contributed by atoms with Crippen molar-refractivity contribution >= 4 is 38.8 Å². The average molecular weight is 354 g/mol. The molecule has 1 aromatic heterocycles. The molecule has 0 bridgehead atoms. The average Bonchev–Trinajstić information content (AvgIpc) is 2.75.